The zero-order valence-corrected chi connectivity index (χ0v) is 12.3. The van der Waals surface area contributed by atoms with Crippen molar-refractivity contribution in [3.63, 3.8) is 0 Å². The minimum absolute atomic E-state index is 0.0291. The summed E-state index contributed by atoms with van der Waals surface area (Å²) in [5, 5.41) is 3.20. The summed E-state index contributed by atoms with van der Waals surface area (Å²) in [5.74, 6) is -1.01. The molecule has 3 rings (SSSR count). The molecule has 0 saturated carbocycles. The molecule has 2 heterocycles. The predicted molar refractivity (Wildman–Crippen MR) is 81.3 cm³/mol. The van der Waals surface area contributed by atoms with Gasteiger partial charge in [-0.25, -0.2) is 4.39 Å². The van der Waals surface area contributed by atoms with E-state index in [1.165, 1.54) is 18.2 Å². The topological polar surface area (TPSA) is 90.3 Å². The summed E-state index contributed by atoms with van der Waals surface area (Å²) in [6.45, 7) is 0.0951. The van der Waals surface area contributed by atoms with Crippen molar-refractivity contribution in [2.75, 3.05) is 0 Å². The van der Waals surface area contributed by atoms with E-state index in [0.717, 1.165) is 5.52 Å². The summed E-state index contributed by atoms with van der Waals surface area (Å²) in [7, 11) is 1.78. The summed E-state index contributed by atoms with van der Waals surface area (Å²) >= 11 is 0. The third-order valence-electron chi connectivity index (χ3n) is 3.52. The van der Waals surface area contributed by atoms with Crippen LogP contribution in [0.2, 0.25) is 0 Å². The number of aromatic nitrogens is 1. The second-order valence-electron chi connectivity index (χ2n) is 5.13. The number of amides is 2. The fraction of sp³-hybridized carbons (Fsp3) is 0.125. The third-order valence-corrected chi connectivity index (χ3v) is 3.52. The maximum absolute atomic E-state index is 13.4. The van der Waals surface area contributed by atoms with Crippen LogP contribution in [0.5, 0.6) is 0 Å². The quantitative estimate of drug-likeness (QED) is 0.771. The Bertz CT molecular complexity index is 911. The zero-order valence-electron chi connectivity index (χ0n) is 12.3. The Labute approximate surface area is 130 Å². The van der Waals surface area contributed by atoms with E-state index < -0.39 is 11.7 Å². The van der Waals surface area contributed by atoms with Gasteiger partial charge in [0, 0.05) is 24.1 Å². The number of halogens is 1. The maximum Gasteiger partial charge on any atom is 0.284 e. The highest BCUT2D eigenvalue weighted by molar-refractivity contribution is 6.07. The molecule has 6 nitrogen and oxygen atoms in total. The van der Waals surface area contributed by atoms with E-state index in [0.29, 0.717) is 16.7 Å². The van der Waals surface area contributed by atoms with E-state index in [1.807, 2.05) is 0 Å². The number of furan rings is 1. The van der Waals surface area contributed by atoms with Crippen molar-refractivity contribution >= 4 is 22.7 Å². The summed E-state index contributed by atoms with van der Waals surface area (Å²) in [4.78, 5) is 23.3. The highest BCUT2D eigenvalue weighted by Crippen LogP contribution is 2.21. The molecule has 0 radical (unpaired) electrons. The molecule has 0 aliphatic carbocycles. The van der Waals surface area contributed by atoms with Crippen molar-refractivity contribution < 1.29 is 18.4 Å². The van der Waals surface area contributed by atoms with Crippen LogP contribution in [-0.2, 0) is 13.6 Å². The molecule has 3 aromatic rings. The van der Waals surface area contributed by atoms with Crippen molar-refractivity contribution in [1.29, 1.82) is 0 Å². The molecule has 0 aliphatic rings. The maximum atomic E-state index is 13.4. The minimum atomic E-state index is -0.674. The molecule has 0 fully saturated rings. The highest BCUT2D eigenvalue weighted by atomic mass is 19.1. The summed E-state index contributed by atoms with van der Waals surface area (Å²) in [6, 6.07) is 7.29. The van der Waals surface area contributed by atoms with Crippen LogP contribution in [0.25, 0.3) is 10.9 Å². The molecule has 0 saturated heterocycles. The average Bonchev–Trinajstić information content (AvgIpc) is 3.10. The Morgan fingerprint density at radius 3 is 2.78 bits per heavy atom. The van der Waals surface area contributed by atoms with Crippen LogP contribution in [0.1, 0.15) is 26.7 Å². The molecule has 0 aliphatic heterocycles. The van der Waals surface area contributed by atoms with Gasteiger partial charge in [0.1, 0.15) is 11.6 Å². The number of nitrogens with zero attached hydrogens (tertiary/aromatic N) is 1. The summed E-state index contributed by atoms with van der Waals surface area (Å²) in [6.07, 6.45) is 1.64. The van der Waals surface area contributed by atoms with Crippen molar-refractivity contribution in [3.8, 4) is 0 Å². The number of rotatable bonds is 4. The SMILES string of the molecule is Cn1cc(C(=O)NCc2ccc(C(N)=O)o2)c2cc(F)ccc21. The van der Waals surface area contributed by atoms with Crippen molar-refractivity contribution in [3.05, 3.63) is 59.4 Å². The summed E-state index contributed by atoms with van der Waals surface area (Å²) in [5.41, 5.74) is 6.21. The van der Waals surface area contributed by atoms with Crippen LogP contribution in [-0.4, -0.2) is 16.4 Å². The molecule has 2 amide bonds. The highest BCUT2D eigenvalue weighted by Gasteiger charge is 2.15. The van der Waals surface area contributed by atoms with Crippen LogP contribution in [0.3, 0.4) is 0 Å². The number of carbonyl (C=O) groups is 2. The lowest BCUT2D eigenvalue weighted by Crippen LogP contribution is -2.22. The lowest BCUT2D eigenvalue weighted by Gasteiger charge is -2.02. The molecular formula is C16H14FN3O3. The first-order chi connectivity index (χ1) is 11.0. The largest absolute Gasteiger partial charge is 0.454 e. The van der Waals surface area contributed by atoms with Gasteiger partial charge >= 0.3 is 0 Å². The second kappa shape index (κ2) is 5.60. The fourth-order valence-electron chi connectivity index (χ4n) is 2.41. The van der Waals surface area contributed by atoms with Gasteiger partial charge in [-0.15, -0.1) is 0 Å². The molecule has 0 spiro atoms. The second-order valence-corrected chi connectivity index (χ2v) is 5.13. The van der Waals surface area contributed by atoms with E-state index in [9.17, 15) is 14.0 Å². The lowest BCUT2D eigenvalue weighted by atomic mass is 10.1. The van der Waals surface area contributed by atoms with Crippen molar-refractivity contribution in [2.45, 2.75) is 6.54 Å². The monoisotopic (exact) mass is 315 g/mol. The van der Waals surface area contributed by atoms with Gasteiger partial charge in [0.05, 0.1) is 12.1 Å². The van der Waals surface area contributed by atoms with E-state index in [2.05, 4.69) is 5.32 Å². The first kappa shape index (κ1) is 14.8. The fourth-order valence-corrected chi connectivity index (χ4v) is 2.41. The van der Waals surface area contributed by atoms with Gasteiger partial charge in [-0.05, 0) is 30.3 Å². The molecule has 2 aromatic heterocycles. The van der Waals surface area contributed by atoms with Crippen LogP contribution >= 0.6 is 0 Å². The number of hydrogen-bond acceptors (Lipinski definition) is 3. The normalized spacial score (nSPS) is 10.9. The van der Waals surface area contributed by atoms with Gasteiger partial charge in [0.2, 0.25) is 0 Å². The molecule has 1 aromatic carbocycles. The Morgan fingerprint density at radius 1 is 1.30 bits per heavy atom. The standard InChI is InChI=1S/C16H14FN3O3/c1-20-8-12(11-6-9(17)2-4-13(11)20)16(22)19-7-10-3-5-14(23-10)15(18)21/h2-6,8H,7H2,1H3,(H2,18,21)(H,19,22). The molecule has 118 valence electrons. The number of nitrogens with one attached hydrogen (secondary N) is 1. The van der Waals surface area contributed by atoms with Crippen molar-refractivity contribution in [2.24, 2.45) is 12.8 Å². The molecule has 0 atom stereocenters. The average molecular weight is 315 g/mol. The van der Waals surface area contributed by atoms with Crippen LogP contribution in [0.15, 0.2) is 40.9 Å². The predicted octanol–water partition coefficient (Wildman–Crippen LogP) is 1.94. The van der Waals surface area contributed by atoms with Gasteiger partial charge in [-0.3, -0.25) is 9.59 Å². The van der Waals surface area contributed by atoms with Gasteiger partial charge in [0.15, 0.2) is 5.76 Å². The molecule has 23 heavy (non-hydrogen) atoms. The number of hydrogen-bond donors (Lipinski definition) is 2. The number of primary amides is 1. The first-order valence-corrected chi connectivity index (χ1v) is 6.87. The van der Waals surface area contributed by atoms with Crippen LogP contribution < -0.4 is 11.1 Å². The minimum Gasteiger partial charge on any atom is -0.454 e. The third kappa shape index (κ3) is 2.80. The number of benzene rings is 1. The zero-order chi connectivity index (χ0) is 16.6. The van der Waals surface area contributed by atoms with E-state index >= 15 is 0 Å². The van der Waals surface area contributed by atoms with E-state index in [4.69, 9.17) is 10.2 Å². The smallest absolute Gasteiger partial charge is 0.284 e. The van der Waals surface area contributed by atoms with Gasteiger partial charge in [0.25, 0.3) is 11.8 Å². The molecule has 0 unspecified atom stereocenters. The van der Waals surface area contributed by atoms with Crippen LogP contribution in [0.4, 0.5) is 4.39 Å². The number of aryl methyl sites for hydroxylation is 1. The van der Waals surface area contributed by atoms with E-state index in [1.54, 1.807) is 29.9 Å². The molecular weight excluding hydrogens is 301 g/mol. The first-order valence-electron chi connectivity index (χ1n) is 6.87. The van der Waals surface area contributed by atoms with Gasteiger partial charge < -0.3 is 20.0 Å². The molecule has 3 N–H and O–H groups in total. The summed E-state index contributed by atoms with van der Waals surface area (Å²) < 4.78 is 20.4. The molecule has 7 heteroatoms. The van der Waals surface area contributed by atoms with Crippen molar-refractivity contribution in [1.82, 2.24) is 9.88 Å². The number of carbonyl (C=O) groups excluding carboxylic acids is 2. The Hall–Kier alpha value is -3.09. The molecule has 0 bridgehead atoms. The van der Waals surface area contributed by atoms with Gasteiger partial charge in [-0.1, -0.05) is 0 Å². The van der Waals surface area contributed by atoms with E-state index in [-0.39, 0.29) is 18.2 Å². The number of fused-ring (bicyclic) bond motifs is 1. The Balaban J connectivity index is 1.80. The van der Waals surface area contributed by atoms with Gasteiger partial charge in [-0.2, -0.15) is 0 Å². The lowest BCUT2D eigenvalue weighted by molar-refractivity contribution is 0.0949. The Kier molecular flexibility index (Phi) is 3.61. The Morgan fingerprint density at radius 2 is 2.09 bits per heavy atom. The number of nitrogens with two attached hydrogens (primary N) is 1. The van der Waals surface area contributed by atoms with Crippen LogP contribution in [0, 0.1) is 5.82 Å².